The minimum absolute atomic E-state index is 0.0179. The average Bonchev–Trinajstić information content (AvgIpc) is 2.28. The molecule has 0 amide bonds. The molecular weight excluding hydrogens is 220 g/mol. The van der Waals surface area contributed by atoms with Gasteiger partial charge < -0.3 is 10.4 Å². The van der Waals surface area contributed by atoms with Crippen molar-refractivity contribution in [1.29, 1.82) is 0 Å². The molecule has 10 heteroatoms. The SMILES string of the molecule is O=C(O)CCNc1nc(NO)nc(NO)n1. The van der Waals surface area contributed by atoms with E-state index in [0.717, 1.165) is 0 Å². The number of carboxylic acids is 1. The fraction of sp³-hybridized carbons (Fsp3) is 0.333. The Bertz CT molecular complexity index is 350. The van der Waals surface area contributed by atoms with Crippen LogP contribution >= 0.6 is 0 Å². The summed E-state index contributed by atoms with van der Waals surface area (Å²) < 4.78 is 0. The largest absolute Gasteiger partial charge is 0.481 e. The van der Waals surface area contributed by atoms with Crippen LogP contribution in [0.3, 0.4) is 0 Å². The van der Waals surface area contributed by atoms with Crippen LogP contribution in [-0.2, 0) is 4.79 Å². The van der Waals surface area contributed by atoms with Crippen LogP contribution in [0.15, 0.2) is 0 Å². The van der Waals surface area contributed by atoms with Gasteiger partial charge >= 0.3 is 5.97 Å². The van der Waals surface area contributed by atoms with Gasteiger partial charge in [0, 0.05) is 6.54 Å². The van der Waals surface area contributed by atoms with Crippen molar-refractivity contribution >= 4 is 23.8 Å². The maximum absolute atomic E-state index is 10.2. The van der Waals surface area contributed by atoms with Crippen LogP contribution in [0, 0.1) is 0 Å². The van der Waals surface area contributed by atoms with E-state index in [2.05, 4.69) is 20.3 Å². The lowest BCUT2D eigenvalue weighted by Gasteiger charge is -2.06. The van der Waals surface area contributed by atoms with E-state index in [1.807, 2.05) is 0 Å². The molecule has 0 aliphatic heterocycles. The third kappa shape index (κ3) is 3.51. The fourth-order valence-corrected chi connectivity index (χ4v) is 0.836. The molecule has 0 aliphatic rings. The van der Waals surface area contributed by atoms with Crippen molar-refractivity contribution in [2.24, 2.45) is 0 Å². The predicted molar refractivity (Wildman–Crippen MR) is 51.4 cm³/mol. The molecule has 0 saturated carbocycles. The van der Waals surface area contributed by atoms with Gasteiger partial charge in [0.05, 0.1) is 6.42 Å². The zero-order valence-electron chi connectivity index (χ0n) is 8.01. The maximum atomic E-state index is 10.2. The van der Waals surface area contributed by atoms with Crippen LogP contribution in [0.5, 0.6) is 0 Å². The monoisotopic (exact) mass is 230 g/mol. The van der Waals surface area contributed by atoms with Crippen molar-refractivity contribution in [3.05, 3.63) is 0 Å². The van der Waals surface area contributed by atoms with Gasteiger partial charge in [0.25, 0.3) is 11.9 Å². The molecular formula is C6H10N6O4. The lowest BCUT2D eigenvalue weighted by atomic mass is 10.4. The summed E-state index contributed by atoms with van der Waals surface area (Å²) in [6, 6.07) is 0. The molecule has 10 nitrogen and oxygen atoms in total. The quantitative estimate of drug-likeness (QED) is 0.348. The molecule has 0 saturated heterocycles. The van der Waals surface area contributed by atoms with Crippen LogP contribution in [0.25, 0.3) is 0 Å². The van der Waals surface area contributed by atoms with E-state index < -0.39 is 5.97 Å². The van der Waals surface area contributed by atoms with Crippen molar-refractivity contribution in [3.8, 4) is 0 Å². The normalized spacial score (nSPS) is 9.62. The van der Waals surface area contributed by atoms with Crippen molar-refractivity contribution in [2.45, 2.75) is 6.42 Å². The minimum atomic E-state index is -0.970. The first-order valence-corrected chi connectivity index (χ1v) is 4.17. The van der Waals surface area contributed by atoms with Crippen LogP contribution < -0.4 is 16.3 Å². The number of carbonyl (C=O) groups is 1. The molecule has 0 aliphatic carbocycles. The van der Waals surface area contributed by atoms with Gasteiger partial charge in [0.1, 0.15) is 0 Å². The molecule has 0 unspecified atom stereocenters. The Morgan fingerprint density at radius 3 is 2.00 bits per heavy atom. The van der Waals surface area contributed by atoms with Gasteiger partial charge in [0.2, 0.25) is 5.95 Å². The topological polar surface area (TPSA) is 153 Å². The van der Waals surface area contributed by atoms with E-state index in [-0.39, 0.29) is 30.8 Å². The first-order chi connectivity index (χ1) is 7.65. The summed E-state index contributed by atoms with van der Waals surface area (Å²) in [5, 5.41) is 28.1. The van der Waals surface area contributed by atoms with Crippen LogP contribution in [-0.4, -0.2) is 43.0 Å². The molecule has 6 N–H and O–H groups in total. The highest BCUT2D eigenvalue weighted by Gasteiger charge is 2.05. The van der Waals surface area contributed by atoms with E-state index >= 15 is 0 Å². The van der Waals surface area contributed by atoms with E-state index in [1.165, 1.54) is 0 Å². The standard InChI is InChI=1S/C6H10N6O4/c13-3(14)1-2-7-4-8-5(11-15)10-6(9-4)12-16/h15-16H,1-2H2,(H,13,14)(H3,7,8,9,10,11,12). The molecule has 1 aromatic heterocycles. The van der Waals surface area contributed by atoms with Gasteiger partial charge in [-0.2, -0.15) is 15.0 Å². The molecule has 1 heterocycles. The number of nitrogens with zero attached hydrogens (tertiary/aromatic N) is 3. The average molecular weight is 230 g/mol. The zero-order chi connectivity index (χ0) is 12.0. The number of nitrogens with one attached hydrogen (secondary N) is 3. The second kappa shape index (κ2) is 5.63. The minimum Gasteiger partial charge on any atom is -0.481 e. The lowest BCUT2D eigenvalue weighted by molar-refractivity contribution is -0.136. The van der Waals surface area contributed by atoms with Gasteiger partial charge in [-0.3, -0.25) is 15.2 Å². The number of hydrogen-bond donors (Lipinski definition) is 6. The molecule has 88 valence electrons. The lowest BCUT2D eigenvalue weighted by Crippen LogP contribution is -2.12. The Morgan fingerprint density at radius 1 is 1.06 bits per heavy atom. The number of carboxylic acid groups (broad SMARTS) is 1. The molecule has 0 atom stereocenters. The van der Waals surface area contributed by atoms with E-state index in [0.29, 0.717) is 0 Å². The summed E-state index contributed by atoms with van der Waals surface area (Å²) >= 11 is 0. The zero-order valence-corrected chi connectivity index (χ0v) is 8.01. The fourth-order valence-electron chi connectivity index (χ4n) is 0.836. The van der Waals surface area contributed by atoms with Crippen molar-refractivity contribution in [2.75, 3.05) is 22.8 Å². The van der Waals surface area contributed by atoms with E-state index in [4.69, 9.17) is 15.5 Å². The van der Waals surface area contributed by atoms with Gasteiger partial charge in [0.15, 0.2) is 0 Å². The Hall–Kier alpha value is -2.20. The van der Waals surface area contributed by atoms with Gasteiger partial charge in [-0.05, 0) is 0 Å². The summed E-state index contributed by atoms with van der Waals surface area (Å²) in [6.07, 6.45) is -0.116. The second-order valence-electron chi connectivity index (χ2n) is 2.60. The summed E-state index contributed by atoms with van der Waals surface area (Å²) in [5.74, 6) is -1.33. The van der Waals surface area contributed by atoms with E-state index in [1.54, 1.807) is 11.0 Å². The highest BCUT2D eigenvalue weighted by molar-refractivity contribution is 5.67. The third-order valence-corrected chi connectivity index (χ3v) is 1.46. The van der Waals surface area contributed by atoms with Gasteiger partial charge in [-0.1, -0.05) is 0 Å². The molecule has 0 aromatic carbocycles. The maximum Gasteiger partial charge on any atom is 0.305 e. The first-order valence-electron chi connectivity index (χ1n) is 4.17. The molecule has 16 heavy (non-hydrogen) atoms. The Kier molecular flexibility index (Phi) is 4.17. The number of rotatable bonds is 6. The molecule has 0 radical (unpaired) electrons. The van der Waals surface area contributed by atoms with Crippen molar-refractivity contribution in [3.63, 3.8) is 0 Å². The predicted octanol–water partition coefficient (Wildman–Crippen LogP) is -0.640. The molecule has 0 spiro atoms. The Labute approximate surface area is 89.3 Å². The highest BCUT2D eigenvalue weighted by Crippen LogP contribution is 2.07. The van der Waals surface area contributed by atoms with Crippen LogP contribution in [0.4, 0.5) is 17.8 Å². The Morgan fingerprint density at radius 2 is 1.56 bits per heavy atom. The number of hydrogen-bond acceptors (Lipinski definition) is 9. The van der Waals surface area contributed by atoms with Gasteiger partial charge in [-0.15, -0.1) is 0 Å². The van der Waals surface area contributed by atoms with Crippen LogP contribution in [0.1, 0.15) is 6.42 Å². The smallest absolute Gasteiger partial charge is 0.305 e. The number of aliphatic carboxylic acids is 1. The summed E-state index contributed by atoms with van der Waals surface area (Å²) in [4.78, 5) is 21.1. The van der Waals surface area contributed by atoms with E-state index in [9.17, 15) is 4.79 Å². The first kappa shape index (κ1) is 11.9. The third-order valence-electron chi connectivity index (χ3n) is 1.46. The van der Waals surface area contributed by atoms with Gasteiger partial charge in [-0.25, -0.2) is 11.0 Å². The van der Waals surface area contributed by atoms with Crippen molar-refractivity contribution < 1.29 is 20.3 Å². The molecule has 1 rings (SSSR count). The molecule has 0 bridgehead atoms. The number of aromatic nitrogens is 3. The van der Waals surface area contributed by atoms with Crippen LogP contribution in [0.2, 0.25) is 0 Å². The molecule has 0 fully saturated rings. The number of anilines is 3. The summed E-state index contributed by atoms with van der Waals surface area (Å²) in [6.45, 7) is 0.106. The highest BCUT2D eigenvalue weighted by atomic mass is 16.5. The molecule has 1 aromatic rings. The van der Waals surface area contributed by atoms with Crippen molar-refractivity contribution in [1.82, 2.24) is 15.0 Å². The second-order valence-corrected chi connectivity index (χ2v) is 2.60. The summed E-state index contributed by atoms with van der Waals surface area (Å²) in [5.41, 5.74) is 3.34. The Balaban J connectivity index is 2.67. The summed E-state index contributed by atoms with van der Waals surface area (Å²) in [7, 11) is 0.